The summed E-state index contributed by atoms with van der Waals surface area (Å²) in [4.78, 5) is 11.3. The molecule has 2 heteroatoms. The fourth-order valence-electron chi connectivity index (χ4n) is 1.58. The molecule has 0 aromatic heterocycles. The van der Waals surface area contributed by atoms with Gasteiger partial charge in [0.15, 0.2) is 0 Å². The molecule has 0 heterocycles. The normalized spacial score (nSPS) is 13.1. The van der Waals surface area contributed by atoms with Crippen LogP contribution in [0.4, 0.5) is 0 Å². The van der Waals surface area contributed by atoms with Gasteiger partial charge in [0.2, 0.25) is 0 Å². The highest BCUT2D eigenvalue weighted by atomic mass is 16.5. The number of carbonyl (C=O) groups excluding carboxylic acids is 1. The summed E-state index contributed by atoms with van der Waals surface area (Å²) in [5, 5.41) is 0. The minimum Gasteiger partial charge on any atom is -0.465 e. The summed E-state index contributed by atoms with van der Waals surface area (Å²) in [5.41, 5.74) is 2.79. The molecule has 1 aliphatic rings. The maximum Gasteiger partial charge on any atom is 0.337 e. The molecule has 0 atom stereocenters. The van der Waals surface area contributed by atoms with Gasteiger partial charge < -0.3 is 4.74 Å². The second kappa shape index (κ2) is 4.13. The zero-order valence-electron chi connectivity index (χ0n) is 8.57. The van der Waals surface area contributed by atoms with E-state index in [2.05, 4.69) is 23.0 Å². The lowest BCUT2D eigenvalue weighted by Gasteiger charge is -2.03. The fourth-order valence-corrected chi connectivity index (χ4v) is 1.58. The molecule has 15 heavy (non-hydrogen) atoms. The minimum absolute atomic E-state index is 0.292. The average Bonchev–Trinajstić information content (AvgIpc) is 2.51. The van der Waals surface area contributed by atoms with Crippen LogP contribution >= 0.6 is 0 Å². The van der Waals surface area contributed by atoms with Gasteiger partial charge >= 0.3 is 5.97 Å². The number of allylic oxidation sites excluding steroid dienone is 2. The topological polar surface area (TPSA) is 26.3 Å². The molecule has 1 aromatic rings. The van der Waals surface area contributed by atoms with E-state index in [4.69, 9.17) is 0 Å². The summed E-state index contributed by atoms with van der Waals surface area (Å²) in [5.74, 6) is -0.292. The standard InChI is InChI=1S/C13H12O2/c1-15-13(14)12-8-7-10-5-3-2-4-6-11(10)9-12/h3-9H,2H2,1H3. The Morgan fingerprint density at radius 2 is 1.93 bits per heavy atom. The first-order valence-electron chi connectivity index (χ1n) is 4.87. The monoisotopic (exact) mass is 200 g/mol. The van der Waals surface area contributed by atoms with Gasteiger partial charge in [-0.25, -0.2) is 4.79 Å². The molecular formula is C13H12O2. The molecule has 0 saturated carbocycles. The Hall–Kier alpha value is -1.83. The van der Waals surface area contributed by atoms with Crippen LogP contribution in [0.1, 0.15) is 27.9 Å². The third-order valence-electron chi connectivity index (χ3n) is 2.37. The second-order valence-electron chi connectivity index (χ2n) is 3.38. The van der Waals surface area contributed by atoms with Crippen molar-refractivity contribution in [2.24, 2.45) is 0 Å². The molecule has 0 unspecified atom stereocenters. The van der Waals surface area contributed by atoms with Gasteiger partial charge in [-0.1, -0.05) is 30.4 Å². The van der Waals surface area contributed by atoms with Crippen LogP contribution in [-0.2, 0) is 4.74 Å². The van der Waals surface area contributed by atoms with Crippen LogP contribution in [0.25, 0.3) is 12.2 Å². The van der Waals surface area contributed by atoms with Crippen LogP contribution in [0.3, 0.4) is 0 Å². The van der Waals surface area contributed by atoms with E-state index < -0.39 is 0 Å². The molecule has 0 spiro atoms. The number of hydrogen-bond acceptors (Lipinski definition) is 2. The summed E-state index contributed by atoms with van der Waals surface area (Å²) in [6.45, 7) is 0. The number of rotatable bonds is 1. The Morgan fingerprint density at radius 1 is 1.20 bits per heavy atom. The highest BCUT2D eigenvalue weighted by Crippen LogP contribution is 2.19. The molecule has 2 rings (SSSR count). The van der Waals surface area contributed by atoms with Crippen molar-refractivity contribution in [3.05, 3.63) is 47.0 Å². The maximum absolute atomic E-state index is 11.3. The SMILES string of the molecule is COC(=O)c1ccc2c(c1)C=CCC=C2. The van der Waals surface area contributed by atoms with Crippen LogP contribution < -0.4 is 0 Å². The largest absolute Gasteiger partial charge is 0.465 e. The summed E-state index contributed by atoms with van der Waals surface area (Å²) >= 11 is 0. The van der Waals surface area contributed by atoms with Crippen molar-refractivity contribution in [2.75, 3.05) is 7.11 Å². The van der Waals surface area contributed by atoms with E-state index >= 15 is 0 Å². The van der Waals surface area contributed by atoms with E-state index in [9.17, 15) is 4.79 Å². The van der Waals surface area contributed by atoms with Gasteiger partial charge in [-0.3, -0.25) is 0 Å². The summed E-state index contributed by atoms with van der Waals surface area (Å²) < 4.78 is 4.68. The fraction of sp³-hybridized carbons (Fsp3) is 0.154. The van der Waals surface area contributed by atoms with E-state index in [0.717, 1.165) is 17.5 Å². The predicted molar refractivity (Wildman–Crippen MR) is 60.5 cm³/mol. The lowest BCUT2D eigenvalue weighted by molar-refractivity contribution is 0.0600. The molecule has 0 radical (unpaired) electrons. The second-order valence-corrected chi connectivity index (χ2v) is 3.38. The van der Waals surface area contributed by atoms with Gasteiger partial charge in [0.25, 0.3) is 0 Å². The maximum atomic E-state index is 11.3. The van der Waals surface area contributed by atoms with Crippen LogP contribution in [0.2, 0.25) is 0 Å². The number of ether oxygens (including phenoxy) is 1. The van der Waals surface area contributed by atoms with Gasteiger partial charge in [-0.2, -0.15) is 0 Å². The van der Waals surface area contributed by atoms with Crippen molar-refractivity contribution in [2.45, 2.75) is 6.42 Å². The number of methoxy groups -OCH3 is 1. The Bertz CT molecular complexity index is 442. The summed E-state index contributed by atoms with van der Waals surface area (Å²) in [7, 11) is 1.39. The first-order valence-corrected chi connectivity index (χ1v) is 4.87. The molecule has 0 amide bonds. The lowest BCUT2D eigenvalue weighted by atomic mass is 10.0. The van der Waals surface area contributed by atoms with Crippen molar-refractivity contribution < 1.29 is 9.53 Å². The predicted octanol–water partition coefficient (Wildman–Crippen LogP) is 2.90. The van der Waals surface area contributed by atoms with Crippen LogP contribution in [0.5, 0.6) is 0 Å². The Balaban J connectivity index is 2.45. The molecule has 2 nitrogen and oxygen atoms in total. The van der Waals surface area contributed by atoms with Crippen molar-refractivity contribution in [1.29, 1.82) is 0 Å². The van der Waals surface area contributed by atoms with Crippen molar-refractivity contribution in [3.8, 4) is 0 Å². The van der Waals surface area contributed by atoms with Gasteiger partial charge in [0.05, 0.1) is 12.7 Å². The molecular weight excluding hydrogens is 188 g/mol. The summed E-state index contributed by atoms with van der Waals surface area (Å²) in [6.07, 6.45) is 9.20. The minimum atomic E-state index is -0.292. The first-order chi connectivity index (χ1) is 7.31. The van der Waals surface area contributed by atoms with Crippen molar-refractivity contribution in [1.82, 2.24) is 0 Å². The van der Waals surface area contributed by atoms with E-state index in [1.54, 1.807) is 6.07 Å². The molecule has 0 saturated heterocycles. The Kier molecular flexibility index (Phi) is 2.68. The zero-order valence-corrected chi connectivity index (χ0v) is 8.57. The smallest absolute Gasteiger partial charge is 0.337 e. The number of esters is 1. The highest BCUT2D eigenvalue weighted by molar-refractivity contribution is 5.90. The van der Waals surface area contributed by atoms with Gasteiger partial charge in [-0.05, 0) is 29.7 Å². The third kappa shape index (κ3) is 1.99. The highest BCUT2D eigenvalue weighted by Gasteiger charge is 2.07. The van der Waals surface area contributed by atoms with E-state index in [1.165, 1.54) is 7.11 Å². The zero-order chi connectivity index (χ0) is 10.7. The molecule has 1 aromatic carbocycles. The van der Waals surface area contributed by atoms with Gasteiger partial charge in [-0.15, -0.1) is 0 Å². The first kappa shape index (κ1) is 9.71. The van der Waals surface area contributed by atoms with Crippen LogP contribution in [0, 0.1) is 0 Å². The average molecular weight is 200 g/mol. The molecule has 0 aliphatic heterocycles. The van der Waals surface area contributed by atoms with Gasteiger partial charge in [0, 0.05) is 0 Å². The third-order valence-corrected chi connectivity index (χ3v) is 2.37. The Labute approximate surface area is 88.9 Å². The van der Waals surface area contributed by atoms with Gasteiger partial charge in [0.1, 0.15) is 0 Å². The van der Waals surface area contributed by atoms with E-state index in [1.807, 2.05) is 18.2 Å². The van der Waals surface area contributed by atoms with Crippen LogP contribution in [-0.4, -0.2) is 13.1 Å². The molecule has 1 aliphatic carbocycles. The number of carbonyl (C=O) groups is 1. The van der Waals surface area contributed by atoms with Crippen molar-refractivity contribution >= 4 is 18.1 Å². The number of fused-ring (bicyclic) bond motifs is 1. The molecule has 0 bridgehead atoms. The number of benzene rings is 1. The molecule has 76 valence electrons. The molecule has 0 N–H and O–H groups in total. The summed E-state index contributed by atoms with van der Waals surface area (Å²) in [6, 6.07) is 5.58. The van der Waals surface area contributed by atoms with E-state index in [-0.39, 0.29) is 5.97 Å². The molecule has 0 fully saturated rings. The van der Waals surface area contributed by atoms with E-state index in [0.29, 0.717) is 5.56 Å². The lowest BCUT2D eigenvalue weighted by Crippen LogP contribution is -2.01. The quantitative estimate of drug-likeness (QED) is 0.651. The van der Waals surface area contributed by atoms with Crippen molar-refractivity contribution in [3.63, 3.8) is 0 Å². The van der Waals surface area contributed by atoms with Crippen LogP contribution in [0.15, 0.2) is 30.4 Å². The number of hydrogen-bond donors (Lipinski definition) is 0. The Morgan fingerprint density at radius 3 is 2.67 bits per heavy atom.